The third kappa shape index (κ3) is 10.6. The van der Waals surface area contributed by atoms with Gasteiger partial charge in [0.1, 0.15) is 0 Å². The van der Waals surface area contributed by atoms with Crippen LogP contribution in [0.5, 0.6) is 0 Å². The van der Waals surface area contributed by atoms with Gasteiger partial charge in [0.15, 0.2) is 0 Å². The molecule has 5 nitrogen and oxygen atoms in total. The topological polar surface area (TPSA) is 61.4 Å². The van der Waals surface area contributed by atoms with Crippen molar-refractivity contribution in [1.82, 2.24) is 14.3 Å². The smallest absolute Gasteiger partial charge is 0.279 e. The molecule has 0 fully saturated rings. The molecule has 0 aromatic carbocycles. The lowest BCUT2D eigenvalue weighted by atomic mass is 10.2. The fourth-order valence-corrected chi connectivity index (χ4v) is 3.12. The minimum absolute atomic E-state index is 0.540. The maximum absolute atomic E-state index is 11.9. The highest BCUT2D eigenvalue weighted by atomic mass is 32.2. The molecule has 0 amide bonds. The lowest BCUT2D eigenvalue weighted by Crippen LogP contribution is -2.39. The van der Waals surface area contributed by atoms with Crippen LogP contribution in [-0.2, 0) is 10.2 Å². The Hall–Kier alpha value is 0.180. The number of nitrogens with zero attached hydrogens (tertiary/aromatic N) is 1. The van der Waals surface area contributed by atoms with Crippen LogP contribution >= 0.6 is 11.8 Å². The van der Waals surface area contributed by atoms with E-state index in [1.165, 1.54) is 22.9 Å². The van der Waals surface area contributed by atoms with Gasteiger partial charge in [-0.2, -0.15) is 24.5 Å². The molecule has 0 saturated heterocycles. The van der Waals surface area contributed by atoms with Gasteiger partial charge in [-0.25, -0.2) is 4.72 Å². The highest BCUT2D eigenvalue weighted by Crippen LogP contribution is 2.04. The van der Waals surface area contributed by atoms with Crippen molar-refractivity contribution < 1.29 is 8.42 Å². The molecule has 0 rings (SSSR count). The SMILES string of the molecule is CNCCCN(C)S(=O)(=O)NCCCCCCSC. The highest BCUT2D eigenvalue weighted by Gasteiger charge is 2.15. The minimum atomic E-state index is -3.29. The molecule has 0 saturated carbocycles. The molecule has 0 aliphatic heterocycles. The fourth-order valence-electron chi connectivity index (χ4n) is 1.63. The van der Waals surface area contributed by atoms with Crippen molar-refractivity contribution in [2.45, 2.75) is 32.1 Å². The van der Waals surface area contributed by atoms with E-state index < -0.39 is 10.2 Å². The molecular formula is C12H29N3O2S2. The van der Waals surface area contributed by atoms with Crippen LogP contribution in [0.3, 0.4) is 0 Å². The van der Waals surface area contributed by atoms with Gasteiger partial charge in [-0.05, 0) is 44.9 Å². The zero-order chi connectivity index (χ0) is 14.6. The van der Waals surface area contributed by atoms with E-state index in [0.717, 1.165) is 25.8 Å². The van der Waals surface area contributed by atoms with E-state index in [0.29, 0.717) is 13.1 Å². The fraction of sp³-hybridized carbons (Fsp3) is 1.00. The van der Waals surface area contributed by atoms with E-state index in [4.69, 9.17) is 0 Å². The Bertz CT molecular complexity index is 297. The van der Waals surface area contributed by atoms with Crippen LogP contribution in [0, 0.1) is 0 Å². The lowest BCUT2D eigenvalue weighted by molar-refractivity contribution is 0.446. The predicted molar refractivity (Wildman–Crippen MR) is 84.9 cm³/mol. The Morgan fingerprint density at radius 1 is 1.05 bits per heavy atom. The summed E-state index contributed by atoms with van der Waals surface area (Å²) in [7, 11) is 0.200. The second kappa shape index (κ2) is 12.0. The Balaban J connectivity index is 3.66. The number of unbranched alkanes of at least 4 members (excludes halogenated alkanes) is 3. The molecule has 19 heavy (non-hydrogen) atoms. The summed E-state index contributed by atoms with van der Waals surface area (Å²) < 4.78 is 27.7. The molecule has 0 atom stereocenters. The summed E-state index contributed by atoms with van der Waals surface area (Å²) >= 11 is 1.86. The Morgan fingerprint density at radius 2 is 1.74 bits per heavy atom. The van der Waals surface area contributed by atoms with Crippen LogP contribution in [0.1, 0.15) is 32.1 Å². The van der Waals surface area contributed by atoms with E-state index >= 15 is 0 Å². The van der Waals surface area contributed by atoms with Crippen LogP contribution in [0.4, 0.5) is 0 Å². The zero-order valence-electron chi connectivity index (χ0n) is 12.4. The maximum atomic E-state index is 11.9. The normalized spacial score (nSPS) is 12.2. The first-order valence-electron chi connectivity index (χ1n) is 6.89. The summed E-state index contributed by atoms with van der Waals surface area (Å²) in [6.45, 7) is 1.91. The average molecular weight is 312 g/mol. The third-order valence-electron chi connectivity index (χ3n) is 2.87. The molecule has 7 heteroatoms. The van der Waals surface area contributed by atoms with Crippen LogP contribution in [-0.4, -0.2) is 58.5 Å². The molecule has 2 N–H and O–H groups in total. The van der Waals surface area contributed by atoms with E-state index in [1.807, 2.05) is 18.8 Å². The standard InChI is InChI=1S/C12H29N3O2S2/c1-13-9-8-11-15(2)19(16,17)14-10-6-4-5-7-12-18-3/h13-14H,4-12H2,1-3H3. The average Bonchev–Trinajstić information content (AvgIpc) is 2.37. The molecule has 0 heterocycles. The van der Waals surface area contributed by atoms with Crippen molar-refractivity contribution in [3.05, 3.63) is 0 Å². The van der Waals surface area contributed by atoms with Crippen molar-refractivity contribution in [1.29, 1.82) is 0 Å². The van der Waals surface area contributed by atoms with E-state index in [2.05, 4.69) is 16.3 Å². The van der Waals surface area contributed by atoms with E-state index in [-0.39, 0.29) is 0 Å². The summed E-state index contributed by atoms with van der Waals surface area (Å²) in [6.07, 6.45) is 7.34. The molecule has 0 aromatic heterocycles. The first-order chi connectivity index (χ1) is 9.04. The quantitative estimate of drug-likeness (QED) is 0.503. The number of thioether (sulfide) groups is 1. The van der Waals surface area contributed by atoms with E-state index in [1.54, 1.807) is 7.05 Å². The van der Waals surface area contributed by atoms with Crippen LogP contribution in [0.25, 0.3) is 0 Å². The molecule has 116 valence electrons. The van der Waals surface area contributed by atoms with Crippen LogP contribution < -0.4 is 10.0 Å². The summed E-state index contributed by atoms with van der Waals surface area (Å²) in [4.78, 5) is 0. The predicted octanol–water partition coefficient (Wildman–Crippen LogP) is 1.29. The summed E-state index contributed by atoms with van der Waals surface area (Å²) in [5.74, 6) is 1.19. The number of hydrogen-bond acceptors (Lipinski definition) is 4. The van der Waals surface area contributed by atoms with Gasteiger partial charge in [0.25, 0.3) is 10.2 Å². The molecular weight excluding hydrogens is 282 g/mol. The number of nitrogens with one attached hydrogen (secondary N) is 2. The Labute approximate surface area is 123 Å². The number of hydrogen-bond donors (Lipinski definition) is 2. The van der Waals surface area contributed by atoms with Crippen LogP contribution in [0.2, 0.25) is 0 Å². The molecule has 0 aliphatic rings. The lowest BCUT2D eigenvalue weighted by Gasteiger charge is -2.17. The molecule has 0 spiro atoms. The van der Waals surface area contributed by atoms with Crippen molar-refractivity contribution in [2.24, 2.45) is 0 Å². The monoisotopic (exact) mass is 311 g/mol. The second-order valence-corrected chi connectivity index (χ2v) is 7.43. The van der Waals surface area contributed by atoms with Gasteiger partial charge in [-0.15, -0.1) is 0 Å². The first-order valence-corrected chi connectivity index (χ1v) is 9.72. The van der Waals surface area contributed by atoms with Gasteiger partial charge in [0.2, 0.25) is 0 Å². The third-order valence-corrected chi connectivity index (χ3v) is 5.14. The highest BCUT2D eigenvalue weighted by molar-refractivity contribution is 7.98. The Morgan fingerprint density at radius 3 is 2.37 bits per heavy atom. The van der Waals surface area contributed by atoms with Gasteiger partial charge in [0, 0.05) is 20.1 Å². The molecule has 0 aromatic rings. The summed E-state index contributed by atoms with van der Waals surface area (Å²) in [5, 5.41) is 3.01. The van der Waals surface area contributed by atoms with Gasteiger partial charge >= 0.3 is 0 Å². The molecule has 0 unspecified atom stereocenters. The van der Waals surface area contributed by atoms with Gasteiger partial charge in [-0.3, -0.25) is 0 Å². The second-order valence-electron chi connectivity index (χ2n) is 4.59. The van der Waals surface area contributed by atoms with Gasteiger partial charge in [-0.1, -0.05) is 12.8 Å². The van der Waals surface area contributed by atoms with Gasteiger partial charge in [0.05, 0.1) is 0 Å². The molecule has 0 aliphatic carbocycles. The van der Waals surface area contributed by atoms with Gasteiger partial charge < -0.3 is 5.32 Å². The minimum Gasteiger partial charge on any atom is -0.320 e. The molecule has 0 radical (unpaired) electrons. The first kappa shape index (κ1) is 19.2. The summed E-state index contributed by atoms with van der Waals surface area (Å²) in [6, 6.07) is 0. The largest absolute Gasteiger partial charge is 0.320 e. The zero-order valence-corrected chi connectivity index (χ0v) is 14.1. The maximum Gasteiger partial charge on any atom is 0.279 e. The summed E-state index contributed by atoms with van der Waals surface area (Å²) in [5.41, 5.74) is 0. The number of rotatable bonds is 13. The van der Waals surface area contributed by atoms with Crippen molar-refractivity contribution in [3.8, 4) is 0 Å². The molecule has 0 bridgehead atoms. The van der Waals surface area contributed by atoms with E-state index in [9.17, 15) is 8.42 Å². The van der Waals surface area contributed by atoms with Crippen molar-refractivity contribution in [3.63, 3.8) is 0 Å². The van der Waals surface area contributed by atoms with Crippen molar-refractivity contribution >= 4 is 22.0 Å². The van der Waals surface area contributed by atoms with Crippen molar-refractivity contribution in [2.75, 3.05) is 45.7 Å². The van der Waals surface area contributed by atoms with Crippen LogP contribution in [0.15, 0.2) is 0 Å². The Kier molecular flexibility index (Phi) is 12.1.